The number of hydrogen-bond donors (Lipinski definition) is 3. The Kier molecular flexibility index (Phi) is 8.37. The van der Waals surface area contributed by atoms with Gasteiger partial charge < -0.3 is 15.4 Å². The zero-order valence-corrected chi connectivity index (χ0v) is 21.1. The van der Waals surface area contributed by atoms with Crippen LogP contribution in [0.4, 0.5) is 11.6 Å². The largest absolute Gasteiger partial charge is 0.457 e. The number of hydrogen-bond acceptors (Lipinski definition) is 6. The Balaban J connectivity index is 1.39. The van der Waals surface area contributed by atoms with Crippen molar-refractivity contribution in [3.8, 4) is 11.5 Å². The number of aliphatic imine (C=N–C) groups is 1. The average Bonchev–Trinajstić information content (AvgIpc) is 3.34. The molecule has 0 saturated heterocycles. The van der Waals surface area contributed by atoms with Gasteiger partial charge in [0.05, 0.1) is 0 Å². The number of nitrogens with zero attached hydrogens (tertiary/aromatic N) is 3. The third-order valence-electron chi connectivity index (χ3n) is 4.74. The van der Waals surface area contributed by atoms with E-state index >= 15 is 0 Å². The van der Waals surface area contributed by atoms with E-state index in [1.807, 2.05) is 80.6 Å². The van der Waals surface area contributed by atoms with Gasteiger partial charge in [0.25, 0.3) is 0 Å². The van der Waals surface area contributed by atoms with Crippen LogP contribution in [0.5, 0.6) is 11.5 Å². The van der Waals surface area contributed by atoms with Crippen LogP contribution >= 0.6 is 23.6 Å². The third kappa shape index (κ3) is 7.87. The normalized spacial score (nSPS) is 11.1. The van der Waals surface area contributed by atoms with Crippen LogP contribution in [0, 0.1) is 13.8 Å². The van der Waals surface area contributed by atoms with Crippen LogP contribution in [0.15, 0.2) is 83.2 Å². The van der Waals surface area contributed by atoms with Crippen LogP contribution in [0.1, 0.15) is 16.3 Å². The molecule has 4 rings (SSSR count). The second-order valence-corrected chi connectivity index (χ2v) is 9.12. The van der Waals surface area contributed by atoms with Crippen LogP contribution in [0.25, 0.3) is 0 Å². The van der Waals surface area contributed by atoms with E-state index in [0.29, 0.717) is 23.6 Å². The molecule has 35 heavy (non-hydrogen) atoms. The van der Waals surface area contributed by atoms with Crippen LogP contribution < -0.4 is 20.7 Å². The van der Waals surface area contributed by atoms with Crippen molar-refractivity contribution < 1.29 is 4.74 Å². The van der Waals surface area contributed by atoms with Crippen LogP contribution in [0.2, 0.25) is 0 Å². The van der Waals surface area contributed by atoms with Crippen molar-refractivity contribution in [3.05, 3.63) is 94.4 Å². The first kappa shape index (κ1) is 24.3. The molecule has 0 aliphatic heterocycles. The van der Waals surface area contributed by atoms with Gasteiger partial charge in [0.1, 0.15) is 11.5 Å². The molecule has 0 spiro atoms. The number of rotatable bonds is 7. The predicted molar refractivity (Wildman–Crippen MR) is 148 cm³/mol. The first-order chi connectivity index (χ1) is 17.0. The Labute approximate surface area is 214 Å². The molecule has 0 aliphatic rings. The quantitative estimate of drug-likeness (QED) is 0.164. The first-order valence-electron chi connectivity index (χ1n) is 11.1. The lowest BCUT2D eigenvalue weighted by Crippen LogP contribution is -2.39. The summed E-state index contributed by atoms with van der Waals surface area (Å²) in [5.74, 6) is 2.47. The SMILES string of the molecule is Cc1cc(C)nc(NC(=NCCc2cccs2)NC(=S)Nc2ccc(Oc3ccccc3)cc2)n1. The summed E-state index contributed by atoms with van der Waals surface area (Å²) in [4.78, 5) is 14.8. The van der Waals surface area contributed by atoms with Gasteiger partial charge in [-0.25, -0.2) is 9.97 Å². The Bertz CT molecular complexity index is 1250. The van der Waals surface area contributed by atoms with Gasteiger partial charge in [-0.2, -0.15) is 0 Å². The van der Waals surface area contributed by atoms with E-state index < -0.39 is 0 Å². The minimum Gasteiger partial charge on any atom is -0.457 e. The van der Waals surface area contributed by atoms with Crippen molar-refractivity contribution in [1.82, 2.24) is 15.3 Å². The summed E-state index contributed by atoms with van der Waals surface area (Å²) in [7, 11) is 0. The summed E-state index contributed by atoms with van der Waals surface area (Å²) in [5.41, 5.74) is 2.57. The van der Waals surface area contributed by atoms with Gasteiger partial charge in [0.15, 0.2) is 5.11 Å². The van der Waals surface area contributed by atoms with Crippen LogP contribution in [-0.4, -0.2) is 27.6 Å². The lowest BCUT2D eigenvalue weighted by molar-refractivity contribution is 0.483. The van der Waals surface area contributed by atoms with E-state index in [2.05, 4.69) is 42.4 Å². The molecule has 4 aromatic rings. The Hall–Kier alpha value is -3.82. The number of thiocarbonyl (C=S) groups is 1. The second kappa shape index (κ2) is 12.0. The van der Waals surface area contributed by atoms with Gasteiger partial charge in [0.2, 0.25) is 11.9 Å². The fraction of sp³-hybridized carbons (Fsp3) is 0.154. The molecule has 0 unspecified atom stereocenters. The number of thiophene rings is 1. The zero-order chi connectivity index (χ0) is 24.5. The molecule has 0 radical (unpaired) electrons. The number of aryl methyl sites for hydroxylation is 2. The number of anilines is 2. The van der Waals surface area contributed by atoms with E-state index in [4.69, 9.17) is 17.0 Å². The fourth-order valence-corrected chi connectivity index (χ4v) is 4.14. The predicted octanol–water partition coefficient (Wildman–Crippen LogP) is 5.94. The van der Waals surface area contributed by atoms with Gasteiger partial charge >= 0.3 is 0 Å². The average molecular weight is 503 g/mol. The van der Waals surface area contributed by atoms with Gasteiger partial charge in [-0.3, -0.25) is 10.3 Å². The second-order valence-electron chi connectivity index (χ2n) is 7.68. The third-order valence-corrected chi connectivity index (χ3v) is 5.88. The van der Waals surface area contributed by atoms with E-state index in [-0.39, 0.29) is 0 Å². The number of para-hydroxylation sites is 1. The minimum absolute atomic E-state index is 0.397. The fourth-order valence-electron chi connectivity index (χ4n) is 3.23. The smallest absolute Gasteiger partial charge is 0.229 e. The number of nitrogens with one attached hydrogen (secondary N) is 3. The molecular weight excluding hydrogens is 476 g/mol. The van der Waals surface area contributed by atoms with Gasteiger partial charge in [-0.15, -0.1) is 11.3 Å². The highest BCUT2D eigenvalue weighted by Gasteiger charge is 2.08. The minimum atomic E-state index is 0.397. The summed E-state index contributed by atoms with van der Waals surface area (Å²) >= 11 is 7.25. The molecule has 2 aromatic carbocycles. The van der Waals surface area contributed by atoms with Crippen molar-refractivity contribution in [2.24, 2.45) is 4.99 Å². The molecular formula is C26H26N6OS2. The number of aromatic nitrogens is 2. The molecule has 3 N–H and O–H groups in total. The Morgan fingerprint density at radius 1 is 0.914 bits per heavy atom. The topological polar surface area (TPSA) is 83.5 Å². The van der Waals surface area contributed by atoms with Crippen molar-refractivity contribution in [2.75, 3.05) is 17.2 Å². The first-order valence-corrected chi connectivity index (χ1v) is 12.4. The van der Waals surface area contributed by atoms with Crippen molar-refractivity contribution >= 4 is 46.3 Å². The molecule has 2 aromatic heterocycles. The molecule has 0 atom stereocenters. The standard InChI is InChI=1S/C26H26N6OS2/c1-18-17-19(2)29-25(28-18)31-24(27-15-14-23-9-6-16-35-23)32-26(34)30-20-10-12-22(13-11-20)33-21-7-4-3-5-8-21/h3-13,16-17H,14-15H2,1-2H3,(H3,27,28,29,30,31,32,34). The number of ether oxygens (including phenoxy) is 1. The molecule has 9 heteroatoms. The lowest BCUT2D eigenvalue weighted by Gasteiger charge is -2.14. The van der Waals surface area contributed by atoms with E-state index in [1.54, 1.807) is 11.3 Å². The van der Waals surface area contributed by atoms with Gasteiger partial charge in [-0.1, -0.05) is 24.3 Å². The maximum Gasteiger partial charge on any atom is 0.229 e. The monoisotopic (exact) mass is 502 g/mol. The highest BCUT2D eigenvalue weighted by Crippen LogP contribution is 2.22. The summed E-state index contributed by atoms with van der Waals surface area (Å²) in [5, 5.41) is 11.9. The van der Waals surface area contributed by atoms with Crippen molar-refractivity contribution in [3.63, 3.8) is 0 Å². The summed E-state index contributed by atoms with van der Waals surface area (Å²) in [6.07, 6.45) is 0.835. The van der Waals surface area contributed by atoms with Gasteiger partial charge in [0, 0.05) is 34.9 Å². The summed E-state index contributed by atoms with van der Waals surface area (Å²) < 4.78 is 5.85. The maximum atomic E-state index is 5.85. The van der Waals surface area contributed by atoms with Crippen molar-refractivity contribution in [1.29, 1.82) is 0 Å². The van der Waals surface area contributed by atoms with E-state index in [9.17, 15) is 0 Å². The number of guanidine groups is 1. The summed E-state index contributed by atoms with van der Waals surface area (Å²) in [6.45, 7) is 4.45. The molecule has 0 fully saturated rings. The molecule has 0 amide bonds. The van der Waals surface area contributed by atoms with Gasteiger partial charge in [-0.05, 0) is 80.0 Å². The van der Waals surface area contributed by atoms with E-state index in [1.165, 1.54) is 4.88 Å². The summed E-state index contributed by atoms with van der Waals surface area (Å²) in [6, 6.07) is 23.3. The Morgan fingerprint density at radius 3 is 2.31 bits per heavy atom. The maximum absolute atomic E-state index is 5.85. The molecule has 2 heterocycles. The highest BCUT2D eigenvalue weighted by atomic mass is 32.1. The molecule has 0 saturated carbocycles. The highest BCUT2D eigenvalue weighted by molar-refractivity contribution is 7.80. The molecule has 0 bridgehead atoms. The van der Waals surface area contributed by atoms with E-state index in [0.717, 1.165) is 35.0 Å². The number of benzene rings is 2. The zero-order valence-electron chi connectivity index (χ0n) is 19.5. The van der Waals surface area contributed by atoms with Crippen molar-refractivity contribution in [2.45, 2.75) is 20.3 Å². The Morgan fingerprint density at radius 2 is 1.63 bits per heavy atom. The van der Waals surface area contributed by atoms with Crippen LogP contribution in [-0.2, 0) is 6.42 Å². The molecule has 178 valence electrons. The molecule has 0 aliphatic carbocycles. The van der Waals surface area contributed by atoms with Crippen LogP contribution in [0.3, 0.4) is 0 Å². The lowest BCUT2D eigenvalue weighted by atomic mass is 10.3. The molecule has 7 nitrogen and oxygen atoms in total.